The molecule has 1 N–H and O–H groups in total. The first-order valence-corrected chi connectivity index (χ1v) is 8.82. The van der Waals surface area contributed by atoms with Gasteiger partial charge >= 0.3 is 0 Å². The zero-order valence-electron chi connectivity index (χ0n) is 14.7. The Labute approximate surface area is 148 Å². The second-order valence-corrected chi connectivity index (χ2v) is 6.48. The normalized spacial score (nSPS) is 23.0. The minimum Gasteiger partial charge on any atom is -0.457 e. The minimum atomic E-state index is -0.705. The number of ether oxygens (including phenoxy) is 1. The van der Waals surface area contributed by atoms with Crippen molar-refractivity contribution in [3.05, 3.63) is 59.7 Å². The third kappa shape index (κ3) is 2.85. The fourth-order valence-electron chi connectivity index (χ4n) is 3.35. The smallest absolute Gasteiger partial charge is 0.220 e. The highest BCUT2D eigenvalue weighted by molar-refractivity contribution is 5.81. The quantitative estimate of drug-likeness (QED) is 0.865. The van der Waals surface area contributed by atoms with E-state index in [0.29, 0.717) is 6.42 Å². The van der Waals surface area contributed by atoms with Crippen LogP contribution in [0.2, 0.25) is 0 Å². The van der Waals surface area contributed by atoms with E-state index in [1.165, 1.54) is 0 Å². The van der Waals surface area contributed by atoms with E-state index in [2.05, 4.69) is 29.4 Å². The molecule has 0 radical (unpaired) electrons. The Morgan fingerprint density at radius 2 is 1.88 bits per heavy atom. The number of nitrogens with one attached hydrogen (secondary N) is 1. The third-order valence-electron chi connectivity index (χ3n) is 4.63. The summed E-state index contributed by atoms with van der Waals surface area (Å²) in [6.45, 7) is 2.96. The predicted molar refractivity (Wildman–Crippen MR) is 97.5 cm³/mol. The van der Waals surface area contributed by atoms with Crippen molar-refractivity contribution in [2.24, 2.45) is 4.99 Å². The summed E-state index contributed by atoms with van der Waals surface area (Å²) in [5.74, 6) is 2.45. The van der Waals surface area contributed by atoms with E-state index in [-0.39, 0.29) is 0 Å². The molecule has 5 heteroatoms. The van der Waals surface area contributed by atoms with Crippen LogP contribution in [0.4, 0.5) is 0 Å². The highest BCUT2D eigenvalue weighted by Gasteiger charge is 2.47. The maximum atomic E-state index is 6.31. The largest absolute Gasteiger partial charge is 0.457 e. The van der Waals surface area contributed by atoms with Crippen LogP contribution >= 0.6 is 0 Å². The fraction of sp³-hybridized carbons (Fsp3) is 0.350. The number of aliphatic imine (C=N–C) groups is 1. The highest BCUT2D eigenvalue weighted by Crippen LogP contribution is 2.44. The molecule has 130 valence electrons. The Balaban J connectivity index is 1.77. The summed E-state index contributed by atoms with van der Waals surface area (Å²) in [6, 6.07) is 16.1. The van der Waals surface area contributed by atoms with E-state index in [1.807, 2.05) is 43.4 Å². The van der Waals surface area contributed by atoms with Gasteiger partial charge in [-0.25, -0.2) is 9.90 Å². The van der Waals surface area contributed by atoms with Crippen molar-refractivity contribution in [2.75, 3.05) is 13.6 Å². The zero-order chi connectivity index (χ0) is 17.3. The Morgan fingerprint density at radius 3 is 2.72 bits per heavy atom. The molecule has 25 heavy (non-hydrogen) atoms. The van der Waals surface area contributed by atoms with E-state index in [9.17, 15) is 0 Å². The van der Waals surface area contributed by atoms with Crippen LogP contribution in [0.3, 0.4) is 0 Å². The lowest BCUT2D eigenvalue weighted by atomic mass is 9.95. The molecule has 1 unspecified atom stereocenters. The number of nitrogens with zero attached hydrogens (tertiary/aromatic N) is 2. The molecule has 1 saturated heterocycles. The summed E-state index contributed by atoms with van der Waals surface area (Å²) in [5, 5.41) is 5.26. The molecule has 2 aliphatic heterocycles. The van der Waals surface area contributed by atoms with Crippen LogP contribution in [0, 0.1) is 0 Å². The van der Waals surface area contributed by atoms with Crippen molar-refractivity contribution < 1.29 is 9.57 Å². The Morgan fingerprint density at radius 1 is 1.12 bits per heavy atom. The van der Waals surface area contributed by atoms with Gasteiger partial charge < -0.3 is 10.1 Å². The first-order valence-electron chi connectivity index (χ1n) is 8.82. The van der Waals surface area contributed by atoms with Crippen LogP contribution in [0.1, 0.15) is 30.9 Å². The molecule has 0 aromatic heterocycles. The van der Waals surface area contributed by atoms with Gasteiger partial charge in [0.25, 0.3) is 0 Å². The zero-order valence-corrected chi connectivity index (χ0v) is 14.7. The van der Waals surface area contributed by atoms with Gasteiger partial charge in [0.1, 0.15) is 11.5 Å². The van der Waals surface area contributed by atoms with E-state index < -0.39 is 5.72 Å². The molecule has 5 nitrogen and oxygen atoms in total. The first kappa shape index (κ1) is 16.0. The first-order chi connectivity index (χ1) is 12.2. The molecule has 0 amide bonds. The standard InChI is InChI=1S/C20H23N3O2/c1-3-4-13-21-19-22-20(25-23(19)2)14-15-9-5-7-11-17(15)24-18-12-8-6-10-16(18)20/h5-12H,3-4,13-14H2,1-2H3,(H,21,22). The van der Waals surface area contributed by atoms with Crippen LogP contribution < -0.4 is 10.1 Å². The number of fused-ring (bicyclic) bond motifs is 3. The highest BCUT2D eigenvalue weighted by atomic mass is 16.7. The summed E-state index contributed by atoms with van der Waals surface area (Å²) in [6.07, 6.45) is 2.85. The van der Waals surface area contributed by atoms with Gasteiger partial charge in [0, 0.05) is 31.1 Å². The molecule has 1 atom stereocenters. The summed E-state index contributed by atoms with van der Waals surface area (Å²) >= 11 is 0. The molecule has 0 aliphatic carbocycles. The van der Waals surface area contributed by atoms with Gasteiger partial charge in [-0.15, -0.1) is 0 Å². The lowest BCUT2D eigenvalue weighted by molar-refractivity contribution is -0.170. The molecule has 2 aliphatic rings. The molecule has 0 bridgehead atoms. The maximum Gasteiger partial charge on any atom is 0.220 e. The second-order valence-electron chi connectivity index (χ2n) is 6.48. The van der Waals surface area contributed by atoms with Crippen molar-refractivity contribution in [3.8, 4) is 11.5 Å². The van der Waals surface area contributed by atoms with Crippen molar-refractivity contribution in [1.82, 2.24) is 10.4 Å². The third-order valence-corrected chi connectivity index (χ3v) is 4.63. The van der Waals surface area contributed by atoms with Crippen LogP contribution in [-0.2, 0) is 17.0 Å². The topological polar surface area (TPSA) is 46.1 Å². The molecular formula is C20H23N3O2. The van der Waals surface area contributed by atoms with Crippen LogP contribution in [0.25, 0.3) is 0 Å². The van der Waals surface area contributed by atoms with Gasteiger partial charge in [-0.2, -0.15) is 0 Å². The number of hydroxylamine groups is 2. The van der Waals surface area contributed by atoms with Crippen molar-refractivity contribution >= 4 is 5.96 Å². The Kier molecular flexibility index (Phi) is 4.09. The van der Waals surface area contributed by atoms with Crippen molar-refractivity contribution in [2.45, 2.75) is 31.9 Å². The molecule has 2 aromatic carbocycles. The summed E-state index contributed by atoms with van der Waals surface area (Å²) in [5.41, 5.74) is 1.39. The number of hydrogen-bond acceptors (Lipinski definition) is 3. The van der Waals surface area contributed by atoms with E-state index in [0.717, 1.165) is 48.0 Å². The average Bonchev–Trinajstić information content (AvgIpc) is 2.86. The minimum absolute atomic E-state index is 0.664. The SMILES string of the molecule is CCCCN=C1NC2(Cc3ccccc3Oc3ccccc32)ON1C. The fourth-order valence-corrected chi connectivity index (χ4v) is 3.35. The Hall–Kier alpha value is -2.53. The molecule has 2 aromatic rings. The van der Waals surface area contributed by atoms with Crippen LogP contribution in [0.5, 0.6) is 11.5 Å². The van der Waals surface area contributed by atoms with Crippen LogP contribution in [-0.4, -0.2) is 24.6 Å². The van der Waals surface area contributed by atoms with Crippen molar-refractivity contribution in [1.29, 1.82) is 0 Å². The molecular weight excluding hydrogens is 314 g/mol. The number of rotatable bonds is 3. The lowest BCUT2D eigenvalue weighted by Crippen LogP contribution is -2.41. The number of unbranched alkanes of at least 4 members (excludes halogenated alkanes) is 1. The molecule has 2 heterocycles. The summed E-state index contributed by atoms with van der Waals surface area (Å²) < 4.78 is 6.18. The average molecular weight is 337 g/mol. The number of para-hydroxylation sites is 2. The van der Waals surface area contributed by atoms with Gasteiger partial charge in [0.05, 0.1) is 0 Å². The van der Waals surface area contributed by atoms with E-state index in [4.69, 9.17) is 9.57 Å². The van der Waals surface area contributed by atoms with Crippen LogP contribution in [0.15, 0.2) is 53.5 Å². The van der Waals surface area contributed by atoms with Gasteiger partial charge in [-0.1, -0.05) is 49.7 Å². The van der Waals surface area contributed by atoms with E-state index in [1.54, 1.807) is 5.06 Å². The lowest BCUT2D eigenvalue weighted by Gasteiger charge is -2.27. The number of hydrogen-bond donors (Lipinski definition) is 1. The maximum absolute atomic E-state index is 6.31. The van der Waals surface area contributed by atoms with Gasteiger partial charge in [-0.3, -0.25) is 4.99 Å². The van der Waals surface area contributed by atoms with Crippen molar-refractivity contribution in [3.63, 3.8) is 0 Å². The Bertz CT molecular complexity index is 805. The summed E-state index contributed by atoms with van der Waals surface area (Å²) in [4.78, 5) is 11.0. The molecule has 1 spiro atoms. The van der Waals surface area contributed by atoms with Gasteiger partial charge in [0.2, 0.25) is 11.7 Å². The monoisotopic (exact) mass is 337 g/mol. The number of guanidine groups is 1. The molecule has 1 fully saturated rings. The molecule has 0 saturated carbocycles. The molecule has 4 rings (SSSR count). The predicted octanol–water partition coefficient (Wildman–Crippen LogP) is 3.81. The van der Waals surface area contributed by atoms with E-state index >= 15 is 0 Å². The number of benzene rings is 2. The summed E-state index contributed by atoms with van der Waals surface area (Å²) in [7, 11) is 1.90. The van der Waals surface area contributed by atoms with Gasteiger partial charge in [0.15, 0.2) is 0 Å². The van der Waals surface area contributed by atoms with Gasteiger partial charge in [-0.05, 0) is 18.6 Å². The second kappa shape index (κ2) is 6.41.